The minimum Gasteiger partial charge on any atom is -0.474 e. The summed E-state index contributed by atoms with van der Waals surface area (Å²) >= 11 is 3.49. The van der Waals surface area contributed by atoms with Crippen LogP contribution in [0.4, 0.5) is 0 Å². The Morgan fingerprint density at radius 3 is 3.19 bits per heavy atom. The molecule has 1 amide bonds. The number of nitrogens with one attached hydrogen (secondary N) is 2. The Bertz CT molecular complexity index is 539. The van der Waals surface area contributed by atoms with Crippen molar-refractivity contribution in [3.05, 3.63) is 33.8 Å². The molecular formula is C14H19BrN4O2. The number of hydrogen-bond acceptors (Lipinski definition) is 5. The summed E-state index contributed by atoms with van der Waals surface area (Å²) in [6, 6.07) is 0. The lowest BCUT2D eigenvalue weighted by molar-refractivity contribution is -0.138. The zero-order chi connectivity index (χ0) is 15.4. The average Bonchev–Trinajstić information content (AvgIpc) is 2.81. The molecular weight excluding hydrogens is 336 g/mol. The quantitative estimate of drug-likeness (QED) is 0.518. The number of hydrazine groups is 1. The molecule has 1 unspecified atom stereocenters. The van der Waals surface area contributed by atoms with Gasteiger partial charge in [0.05, 0.1) is 0 Å². The van der Waals surface area contributed by atoms with E-state index in [1.807, 2.05) is 13.0 Å². The average molecular weight is 355 g/mol. The van der Waals surface area contributed by atoms with Crippen LogP contribution in [0.2, 0.25) is 0 Å². The fourth-order valence-electron chi connectivity index (χ4n) is 2.28. The van der Waals surface area contributed by atoms with Gasteiger partial charge in [-0.3, -0.25) is 4.79 Å². The second-order valence-corrected chi connectivity index (χ2v) is 5.83. The van der Waals surface area contributed by atoms with Crippen LogP contribution in [-0.2, 0) is 9.53 Å². The Hall–Kier alpha value is -1.60. The molecule has 1 aliphatic carbocycles. The summed E-state index contributed by atoms with van der Waals surface area (Å²) in [6.45, 7) is 2.97. The van der Waals surface area contributed by atoms with Crippen molar-refractivity contribution in [2.45, 2.75) is 19.8 Å². The standard InChI is InChI=1S/C14H19BrN4O2/c1-9-5-7-18-19(14(9)20)12-3-2-11(15)10(12)8-21-13(17)4-6-16/h2,4,6,9,16,18H,3,5,7-8,17H2,1H3. The monoisotopic (exact) mass is 354 g/mol. The first-order valence-corrected chi connectivity index (χ1v) is 7.58. The summed E-state index contributed by atoms with van der Waals surface area (Å²) in [7, 11) is 0. The van der Waals surface area contributed by atoms with Crippen LogP contribution < -0.4 is 11.2 Å². The summed E-state index contributed by atoms with van der Waals surface area (Å²) in [6.07, 6.45) is 5.95. The highest BCUT2D eigenvalue weighted by atomic mass is 79.9. The third-order valence-electron chi connectivity index (χ3n) is 3.50. The van der Waals surface area contributed by atoms with Crippen molar-refractivity contribution in [2.75, 3.05) is 13.2 Å². The lowest BCUT2D eigenvalue weighted by atomic mass is 10.0. The highest BCUT2D eigenvalue weighted by Crippen LogP contribution is 2.33. The van der Waals surface area contributed by atoms with Gasteiger partial charge in [-0.1, -0.05) is 28.9 Å². The molecule has 1 aliphatic heterocycles. The largest absolute Gasteiger partial charge is 0.474 e. The number of carbonyl (C=O) groups is 1. The molecule has 2 aliphatic rings. The predicted octanol–water partition coefficient (Wildman–Crippen LogP) is 1.76. The van der Waals surface area contributed by atoms with Crippen LogP contribution in [0, 0.1) is 11.3 Å². The number of ether oxygens (including phenoxy) is 1. The summed E-state index contributed by atoms with van der Waals surface area (Å²) in [4.78, 5) is 12.3. The number of rotatable bonds is 5. The van der Waals surface area contributed by atoms with E-state index >= 15 is 0 Å². The molecule has 0 aromatic carbocycles. The molecule has 0 spiro atoms. The highest BCUT2D eigenvalue weighted by molar-refractivity contribution is 9.12. The van der Waals surface area contributed by atoms with E-state index in [0.717, 1.165) is 34.9 Å². The Kier molecular flexibility index (Phi) is 5.19. The summed E-state index contributed by atoms with van der Waals surface area (Å²) in [5, 5.41) is 8.59. The molecule has 21 heavy (non-hydrogen) atoms. The van der Waals surface area contributed by atoms with Crippen LogP contribution in [0.5, 0.6) is 0 Å². The third kappa shape index (κ3) is 3.54. The molecule has 6 nitrogen and oxygen atoms in total. The van der Waals surface area contributed by atoms with E-state index in [1.54, 1.807) is 5.01 Å². The van der Waals surface area contributed by atoms with E-state index in [2.05, 4.69) is 21.4 Å². The van der Waals surface area contributed by atoms with Crippen molar-refractivity contribution in [1.29, 1.82) is 5.41 Å². The van der Waals surface area contributed by atoms with Crippen molar-refractivity contribution in [1.82, 2.24) is 10.4 Å². The lowest BCUT2D eigenvalue weighted by Crippen LogP contribution is -2.50. The Balaban J connectivity index is 2.17. The van der Waals surface area contributed by atoms with Crippen LogP contribution >= 0.6 is 15.9 Å². The Labute approximate surface area is 132 Å². The minimum atomic E-state index is 0.0168. The molecule has 0 aromatic rings. The third-order valence-corrected chi connectivity index (χ3v) is 4.30. The van der Waals surface area contributed by atoms with E-state index < -0.39 is 0 Å². The van der Waals surface area contributed by atoms with Crippen LogP contribution in [0.25, 0.3) is 0 Å². The fourth-order valence-corrected chi connectivity index (χ4v) is 2.78. The fraction of sp³-hybridized carbons (Fsp3) is 0.429. The van der Waals surface area contributed by atoms with Crippen molar-refractivity contribution >= 4 is 28.1 Å². The second-order valence-electron chi connectivity index (χ2n) is 4.98. The molecule has 0 saturated carbocycles. The maximum atomic E-state index is 12.3. The predicted molar refractivity (Wildman–Crippen MR) is 84.3 cm³/mol. The smallest absolute Gasteiger partial charge is 0.243 e. The number of carbonyl (C=O) groups excluding carboxylic acids is 1. The van der Waals surface area contributed by atoms with Gasteiger partial charge in [-0.15, -0.1) is 0 Å². The van der Waals surface area contributed by atoms with Crippen LogP contribution in [0.3, 0.4) is 0 Å². The molecule has 0 bridgehead atoms. The van der Waals surface area contributed by atoms with Crippen molar-refractivity contribution < 1.29 is 9.53 Å². The van der Waals surface area contributed by atoms with Gasteiger partial charge < -0.3 is 15.9 Å². The number of halogens is 1. The number of amides is 1. The number of nitrogens with two attached hydrogens (primary N) is 1. The maximum Gasteiger partial charge on any atom is 0.243 e. The van der Waals surface area contributed by atoms with E-state index in [-0.39, 0.29) is 24.3 Å². The molecule has 2 rings (SSSR count). The molecule has 1 heterocycles. The number of nitrogens with zero attached hydrogens (tertiary/aromatic N) is 1. The first kappa shape index (κ1) is 15.8. The zero-order valence-corrected chi connectivity index (χ0v) is 13.4. The normalized spacial score (nSPS) is 23.4. The van der Waals surface area contributed by atoms with Gasteiger partial charge in [-0.05, 0) is 6.42 Å². The van der Waals surface area contributed by atoms with Gasteiger partial charge in [0.1, 0.15) is 6.61 Å². The minimum absolute atomic E-state index is 0.0168. The summed E-state index contributed by atoms with van der Waals surface area (Å²) < 4.78 is 6.32. The van der Waals surface area contributed by atoms with Gasteiger partial charge in [0.2, 0.25) is 5.91 Å². The van der Waals surface area contributed by atoms with Gasteiger partial charge in [0.25, 0.3) is 0 Å². The molecule has 4 N–H and O–H groups in total. The number of hydrogen-bond donors (Lipinski definition) is 3. The van der Waals surface area contributed by atoms with Gasteiger partial charge in [-0.2, -0.15) is 0 Å². The highest BCUT2D eigenvalue weighted by Gasteiger charge is 2.31. The van der Waals surface area contributed by atoms with E-state index in [1.165, 1.54) is 6.08 Å². The van der Waals surface area contributed by atoms with E-state index in [9.17, 15) is 4.79 Å². The first-order valence-electron chi connectivity index (χ1n) is 6.79. The van der Waals surface area contributed by atoms with Crippen molar-refractivity contribution in [2.24, 2.45) is 11.7 Å². The van der Waals surface area contributed by atoms with Gasteiger partial charge >= 0.3 is 0 Å². The van der Waals surface area contributed by atoms with Gasteiger partial charge in [0, 0.05) is 46.9 Å². The second kappa shape index (κ2) is 6.91. The number of allylic oxidation sites excluding steroid dienone is 2. The van der Waals surface area contributed by atoms with Crippen molar-refractivity contribution in [3.8, 4) is 0 Å². The molecule has 1 atom stereocenters. The molecule has 0 aromatic heterocycles. The van der Waals surface area contributed by atoms with E-state index in [4.69, 9.17) is 15.9 Å². The van der Waals surface area contributed by atoms with Gasteiger partial charge in [0.15, 0.2) is 5.88 Å². The topological polar surface area (TPSA) is 91.4 Å². The Morgan fingerprint density at radius 1 is 1.71 bits per heavy atom. The molecule has 1 saturated heterocycles. The van der Waals surface area contributed by atoms with Gasteiger partial charge in [-0.25, -0.2) is 10.4 Å². The van der Waals surface area contributed by atoms with Crippen LogP contribution in [0.15, 0.2) is 33.8 Å². The molecule has 0 radical (unpaired) electrons. The van der Waals surface area contributed by atoms with Crippen molar-refractivity contribution in [3.63, 3.8) is 0 Å². The maximum absolute atomic E-state index is 12.3. The molecule has 7 heteroatoms. The van der Waals surface area contributed by atoms with E-state index in [0.29, 0.717) is 6.42 Å². The lowest BCUT2D eigenvalue weighted by Gasteiger charge is -2.33. The van der Waals surface area contributed by atoms with Crippen LogP contribution in [-0.4, -0.2) is 30.3 Å². The summed E-state index contributed by atoms with van der Waals surface area (Å²) in [5.41, 5.74) is 10.5. The molecule has 1 fully saturated rings. The zero-order valence-electron chi connectivity index (χ0n) is 11.9. The summed E-state index contributed by atoms with van der Waals surface area (Å²) in [5.74, 6) is 0.269. The molecule has 114 valence electrons. The Morgan fingerprint density at radius 2 is 2.48 bits per heavy atom. The first-order chi connectivity index (χ1) is 10.0. The van der Waals surface area contributed by atoms with Crippen LogP contribution in [0.1, 0.15) is 19.8 Å². The SMILES string of the molecule is CC1CCNN(C2=C(COC(N)=CC=N)C(Br)=CC2)C1=O.